The van der Waals surface area contributed by atoms with Gasteiger partial charge in [-0.15, -0.1) is 0 Å². The fraction of sp³-hybridized carbons (Fsp3) is 0.667. The molecule has 0 N–H and O–H groups in total. The van der Waals surface area contributed by atoms with Crippen LogP contribution in [-0.4, -0.2) is 26.8 Å². The molecule has 0 unspecified atom stereocenters. The zero-order chi connectivity index (χ0) is 22.9. The number of ether oxygens (including phenoxy) is 1. The smallest absolute Gasteiger partial charge is 0.192 e. The monoisotopic (exact) mass is 442 g/mol. The molecule has 3 atom stereocenters. The number of rotatable bonds is 7. The summed E-state index contributed by atoms with van der Waals surface area (Å²) in [5, 5.41) is 0.184. The molecular weight excluding hydrogens is 400 g/mol. The van der Waals surface area contributed by atoms with Crippen LogP contribution in [-0.2, 0) is 20.6 Å². The normalized spacial score (nSPS) is 29.5. The molecule has 0 heterocycles. The molecule has 0 radical (unpaired) electrons. The van der Waals surface area contributed by atoms with Gasteiger partial charge in [0.15, 0.2) is 8.32 Å². The Balaban J connectivity index is 1.75. The predicted molar refractivity (Wildman–Crippen MR) is 131 cm³/mol. The molecule has 2 aliphatic carbocycles. The highest BCUT2D eigenvalue weighted by molar-refractivity contribution is 6.74. The summed E-state index contributed by atoms with van der Waals surface area (Å²) < 4.78 is 13.0. The maximum Gasteiger partial charge on any atom is 0.192 e. The maximum absolute atomic E-state index is 13.2. The molecule has 172 valence electrons. The van der Waals surface area contributed by atoms with Crippen LogP contribution in [0.25, 0.3) is 0 Å². The van der Waals surface area contributed by atoms with Crippen LogP contribution in [0.1, 0.15) is 72.3 Å². The van der Waals surface area contributed by atoms with E-state index in [0.29, 0.717) is 25.4 Å². The number of carbonyl (C=O) groups excluding carboxylic acids is 1. The van der Waals surface area contributed by atoms with Crippen molar-refractivity contribution >= 4 is 14.1 Å². The number of hydrogen-bond acceptors (Lipinski definition) is 3. The number of carbonyl (C=O) groups is 1. The van der Waals surface area contributed by atoms with E-state index in [0.717, 1.165) is 25.7 Å². The summed E-state index contributed by atoms with van der Waals surface area (Å²) in [5.74, 6) is 0.368. The number of ketones is 1. The third kappa shape index (κ3) is 4.91. The highest BCUT2D eigenvalue weighted by Crippen LogP contribution is 2.57. The Morgan fingerprint density at radius 3 is 2.45 bits per heavy atom. The van der Waals surface area contributed by atoms with E-state index in [1.807, 2.05) is 18.2 Å². The van der Waals surface area contributed by atoms with Crippen molar-refractivity contribution < 1.29 is 14.0 Å². The summed E-state index contributed by atoms with van der Waals surface area (Å²) in [6.07, 6.45) is 6.90. The fourth-order valence-electron chi connectivity index (χ4n) is 5.09. The van der Waals surface area contributed by atoms with Crippen molar-refractivity contribution in [2.45, 2.75) is 97.6 Å². The SMILES string of the molecule is CC(C)(C)[Si](C)(C)O[C@@H]1CCC=C2[C@](C)(CCOCc3ccccc3)C(=O)CC[C@]21C. The summed E-state index contributed by atoms with van der Waals surface area (Å²) in [7, 11) is -1.88. The van der Waals surface area contributed by atoms with Gasteiger partial charge in [0.05, 0.1) is 12.7 Å². The van der Waals surface area contributed by atoms with Gasteiger partial charge < -0.3 is 9.16 Å². The van der Waals surface area contributed by atoms with E-state index in [1.54, 1.807) is 0 Å². The van der Waals surface area contributed by atoms with Crippen LogP contribution in [0.5, 0.6) is 0 Å². The predicted octanol–water partition coefficient (Wildman–Crippen LogP) is 7.08. The van der Waals surface area contributed by atoms with Gasteiger partial charge in [-0.3, -0.25) is 4.79 Å². The second-order valence-electron chi connectivity index (χ2n) is 11.5. The summed E-state index contributed by atoms with van der Waals surface area (Å²) in [6.45, 7) is 17.3. The Hall–Kier alpha value is -1.23. The Bertz CT molecular complexity index is 808. The Labute approximate surface area is 190 Å². The van der Waals surface area contributed by atoms with E-state index in [4.69, 9.17) is 9.16 Å². The van der Waals surface area contributed by atoms with Gasteiger partial charge in [0.25, 0.3) is 0 Å². The lowest BCUT2D eigenvalue weighted by Gasteiger charge is -2.54. The van der Waals surface area contributed by atoms with E-state index >= 15 is 0 Å². The summed E-state index contributed by atoms with van der Waals surface area (Å²) >= 11 is 0. The molecule has 0 bridgehead atoms. The van der Waals surface area contributed by atoms with Crippen LogP contribution in [0.3, 0.4) is 0 Å². The van der Waals surface area contributed by atoms with Crippen LogP contribution in [0, 0.1) is 10.8 Å². The molecule has 0 aliphatic heterocycles. The first kappa shape index (κ1) is 24.4. The van der Waals surface area contributed by atoms with Crippen LogP contribution in [0.15, 0.2) is 42.0 Å². The lowest BCUT2D eigenvalue weighted by molar-refractivity contribution is -0.132. The summed E-state index contributed by atoms with van der Waals surface area (Å²) in [4.78, 5) is 13.2. The van der Waals surface area contributed by atoms with Crippen molar-refractivity contribution in [3.63, 3.8) is 0 Å². The first-order valence-electron chi connectivity index (χ1n) is 11.9. The van der Waals surface area contributed by atoms with Crippen molar-refractivity contribution in [3.05, 3.63) is 47.5 Å². The van der Waals surface area contributed by atoms with Crippen molar-refractivity contribution in [3.8, 4) is 0 Å². The molecular formula is C27H42O3Si. The fourth-order valence-corrected chi connectivity index (χ4v) is 6.53. The van der Waals surface area contributed by atoms with Gasteiger partial charge in [0.2, 0.25) is 0 Å². The molecule has 1 saturated carbocycles. The third-order valence-corrected chi connectivity index (χ3v) is 12.8. The zero-order valence-corrected chi connectivity index (χ0v) is 21.7. The van der Waals surface area contributed by atoms with E-state index in [-0.39, 0.29) is 16.6 Å². The van der Waals surface area contributed by atoms with E-state index < -0.39 is 13.7 Å². The molecule has 1 fully saturated rings. The van der Waals surface area contributed by atoms with Crippen LogP contribution >= 0.6 is 0 Å². The first-order chi connectivity index (χ1) is 14.4. The molecule has 0 saturated heterocycles. The van der Waals surface area contributed by atoms with Gasteiger partial charge >= 0.3 is 0 Å². The number of Topliss-reactive ketones (excluding diaryl/α,β-unsaturated/α-hetero) is 1. The molecule has 2 aliphatic rings. The molecule has 0 aromatic heterocycles. The second kappa shape index (κ2) is 8.96. The van der Waals surface area contributed by atoms with Gasteiger partial charge in [-0.1, -0.05) is 69.7 Å². The van der Waals surface area contributed by atoms with Gasteiger partial charge in [0, 0.05) is 23.9 Å². The molecule has 31 heavy (non-hydrogen) atoms. The maximum atomic E-state index is 13.2. The number of benzene rings is 1. The van der Waals surface area contributed by atoms with Crippen LogP contribution < -0.4 is 0 Å². The van der Waals surface area contributed by atoms with Gasteiger partial charge in [0.1, 0.15) is 5.78 Å². The number of allylic oxidation sites excluding steroid dienone is 1. The van der Waals surface area contributed by atoms with E-state index in [1.165, 1.54) is 11.1 Å². The van der Waals surface area contributed by atoms with E-state index in [2.05, 4.69) is 65.9 Å². The average Bonchev–Trinajstić information content (AvgIpc) is 2.70. The molecule has 4 heteroatoms. The summed E-state index contributed by atoms with van der Waals surface area (Å²) in [6, 6.07) is 10.2. The lowest BCUT2D eigenvalue weighted by atomic mass is 9.54. The third-order valence-electron chi connectivity index (χ3n) is 8.29. The standard InChI is InChI=1S/C27H42O3Si/c1-25(2,3)31(6,7)30-24-15-11-14-22-26(4,23(28)16-17-27(22,24)5)18-19-29-20-21-12-9-8-10-13-21/h8-10,12-14,24H,11,15-20H2,1-7H3/t24-,26+,27-/m1/s1. The minimum atomic E-state index is -1.88. The Kier molecular flexibility index (Phi) is 7.05. The molecule has 3 rings (SSSR count). The minimum Gasteiger partial charge on any atom is -0.413 e. The molecule has 3 nitrogen and oxygen atoms in total. The van der Waals surface area contributed by atoms with Gasteiger partial charge in [-0.25, -0.2) is 0 Å². The largest absolute Gasteiger partial charge is 0.413 e. The van der Waals surface area contributed by atoms with Gasteiger partial charge in [-0.2, -0.15) is 0 Å². The summed E-state index contributed by atoms with van der Waals surface area (Å²) in [5.41, 5.74) is 1.98. The van der Waals surface area contributed by atoms with Gasteiger partial charge in [-0.05, 0) is 56.3 Å². The highest BCUT2D eigenvalue weighted by Gasteiger charge is 2.55. The van der Waals surface area contributed by atoms with Crippen molar-refractivity contribution in [2.24, 2.45) is 10.8 Å². The van der Waals surface area contributed by atoms with Crippen LogP contribution in [0.4, 0.5) is 0 Å². The average molecular weight is 443 g/mol. The number of fused-ring (bicyclic) bond motifs is 1. The molecule has 0 spiro atoms. The molecule has 1 aromatic rings. The minimum absolute atomic E-state index is 0.0597. The van der Waals surface area contributed by atoms with Crippen molar-refractivity contribution in [1.29, 1.82) is 0 Å². The Morgan fingerprint density at radius 2 is 1.81 bits per heavy atom. The first-order valence-corrected chi connectivity index (χ1v) is 14.8. The van der Waals surface area contributed by atoms with Crippen molar-refractivity contribution in [1.82, 2.24) is 0 Å². The highest BCUT2D eigenvalue weighted by atomic mass is 28.4. The second-order valence-corrected chi connectivity index (χ2v) is 16.3. The lowest BCUT2D eigenvalue weighted by Crippen LogP contribution is -2.54. The zero-order valence-electron chi connectivity index (χ0n) is 20.7. The quantitative estimate of drug-likeness (QED) is 0.257. The van der Waals surface area contributed by atoms with E-state index in [9.17, 15) is 4.79 Å². The van der Waals surface area contributed by atoms with Crippen LogP contribution in [0.2, 0.25) is 18.1 Å². The van der Waals surface area contributed by atoms with Crippen molar-refractivity contribution in [2.75, 3.05) is 6.61 Å². The molecule has 1 aromatic carbocycles. The Morgan fingerprint density at radius 1 is 1.13 bits per heavy atom. The number of hydrogen-bond donors (Lipinski definition) is 0. The molecule has 0 amide bonds. The topological polar surface area (TPSA) is 35.5 Å².